The molecule has 0 heterocycles. The van der Waals surface area contributed by atoms with Crippen molar-refractivity contribution in [3.63, 3.8) is 0 Å². The average molecular weight is 272 g/mol. The molecule has 0 atom stereocenters. The van der Waals surface area contributed by atoms with Crippen LogP contribution in [0, 0.1) is 17.2 Å². The summed E-state index contributed by atoms with van der Waals surface area (Å²) < 4.78 is 5.41. The topological polar surface area (TPSA) is 62.1 Å². The summed E-state index contributed by atoms with van der Waals surface area (Å²) in [6, 6.07) is 9.09. The van der Waals surface area contributed by atoms with E-state index >= 15 is 0 Å². The van der Waals surface area contributed by atoms with Gasteiger partial charge in [0.1, 0.15) is 5.75 Å². The van der Waals surface area contributed by atoms with Crippen LogP contribution in [-0.2, 0) is 4.79 Å². The van der Waals surface area contributed by atoms with Crippen molar-refractivity contribution >= 4 is 5.91 Å². The first-order chi connectivity index (χ1) is 9.67. The first-order valence-electron chi connectivity index (χ1n) is 7.09. The molecule has 1 saturated carbocycles. The number of ether oxygens (including phenoxy) is 1. The molecule has 0 unspecified atom stereocenters. The number of nitrogens with one attached hydrogen (secondary N) is 1. The number of benzene rings is 1. The Morgan fingerprint density at radius 2 is 1.95 bits per heavy atom. The van der Waals surface area contributed by atoms with Gasteiger partial charge in [0.2, 0.25) is 0 Å². The standard InChI is InChI=1S/C16H20N2O2/c1-12-2-6-14(7-3-12)18-16(19)11-20-15-8-4-13(10-17)5-9-15/h4-5,8-9,12,14H,2-3,6-7,11H2,1H3,(H,18,19). The van der Waals surface area contributed by atoms with Crippen LogP contribution in [0.15, 0.2) is 24.3 Å². The lowest BCUT2D eigenvalue weighted by Gasteiger charge is -2.26. The quantitative estimate of drug-likeness (QED) is 0.916. The van der Waals surface area contributed by atoms with E-state index in [1.807, 2.05) is 6.07 Å². The first kappa shape index (κ1) is 14.4. The maximum atomic E-state index is 11.8. The Bertz CT molecular complexity index is 482. The second kappa shape index (κ2) is 6.95. The van der Waals surface area contributed by atoms with E-state index in [9.17, 15) is 4.79 Å². The van der Waals surface area contributed by atoms with Crippen molar-refractivity contribution in [1.82, 2.24) is 5.32 Å². The highest BCUT2D eigenvalue weighted by atomic mass is 16.5. The third-order valence-electron chi connectivity index (χ3n) is 3.73. The molecule has 106 valence electrons. The minimum atomic E-state index is -0.0751. The van der Waals surface area contributed by atoms with Crippen LogP contribution in [0.4, 0.5) is 0 Å². The molecule has 4 nitrogen and oxygen atoms in total. The zero-order chi connectivity index (χ0) is 14.4. The summed E-state index contributed by atoms with van der Waals surface area (Å²) in [7, 11) is 0. The van der Waals surface area contributed by atoms with Gasteiger partial charge in [-0.25, -0.2) is 0 Å². The van der Waals surface area contributed by atoms with Crippen molar-refractivity contribution < 1.29 is 9.53 Å². The zero-order valence-corrected chi connectivity index (χ0v) is 11.8. The van der Waals surface area contributed by atoms with Crippen LogP contribution in [0.3, 0.4) is 0 Å². The van der Waals surface area contributed by atoms with Crippen molar-refractivity contribution in [1.29, 1.82) is 5.26 Å². The predicted octanol–water partition coefficient (Wildman–Crippen LogP) is 2.63. The molecule has 0 spiro atoms. The molecule has 0 saturated heterocycles. The lowest BCUT2D eigenvalue weighted by Crippen LogP contribution is -2.39. The summed E-state index contributed by atoms with van der Waals surface area (Å²) in [6.45, 7) is 2.28. The summed E-state index contributed by atoms with van der Waals surface area (Å²) in [6.07, 6.45) is 4.48. The van der Waals surface area contributed by atoms with Gasteiger partial charge in [0.25, 0.3) is 5.91 Å². The molecule has 20 heavy (non-hydrogen) atoms. The maximum Gasteiger partial charge on any atom is 0.258 e. The molecule has 0 aromatic heterocycles. The molecule has 1 aliphatic rings. The summed E-state index contributed by atoms with van der Waals surface area (Å²) in [5, 5.41) is 11.7. The molecule has 0 bridgehead atoms. The number of rotatable bonds is 4. The fraction of sp³-hybridized carbons (Fsp3) is 0.500. The van der Waals surface area contributed by atoms with Gasteiger partial charge in [-0.2, -0.15) is 5.26 Å². The Kier molecular flexibility index (Phi) is 5.00. The summed E-state index contributed by atoms with van der Waals surface area (Å²) in [5.74, 6) is 1.31. The van der Waals surface area contributed by atoms with Crippen molar-refractivity contribution in [2.24, 2.45) is 5.92 Å². The van der Waals surface area contributed by atoms with E-state index in [1.54, 1.807) is 24.3 Å². The van der Waals surface area contributed by atoms with E-state index in [4.69, 9.17) is 10.00 Å². The lowest BCUT2D eigenvalue weighted by atomic mass is 9.87. The van der Waals surface area contributed by atoms with Gasteiger partial charge in [0.15, 0.2) is 6.61 Å². The zero-order valence-electron chi connectivity index (χ0n) is 11.8. The van der Waals surface area contributed by atoms with Gasteiger partial charge in [0, 0.05) is 6.04 Å². The number of hydrogen-bond acceptors (Lipinski definition) is 3. The number of hydrogen-bond donors (Lipinski definition) is 1. The van der Waals surface area contributed by atoms with E-state index in [0.717, 1.165) is 18.8 Å². The lowest BCUT2D eigenvalue weighted by molar-refractivity contribution is -0.124. The van der Waals surface area contributed by atoms with Crippen molar-refractivity contribution in [2.75, 3.05) is 6.61 Å². The van der Waals surface area contributed by atoms with Crippen molar-refractivity contribution in [3.05, 3.63) is 29.8 Å². The van der Waals surface area contributed by atoms with E-state index < -0.39 is 0 Å². The first-order valence-corrected chi connectivity index (χ1v) is 7.09. The van der Waals surface area contributed by atoms with Crippen LogP contribution in [0.25, 0.3) is 0 Å². The van der Waals surface area contributed by atoms with E-state index in [2.05, 4.69) is 12.2 Å². The van der Waals surface area contributed by atoms with Gasteiger partial charge in [-0.05, 0) is 55.9 Å². The number of carbonyl (C=O) groups excluding carboxylic acids is 1. The van der Waals surface area contributed by atoms with Crippen LogP contribution >= 0.6 is 0 Å². The summed E-state index contributed by atoms with van der Waals surface area (Å²) in [4.78, 5) is 11.8. The molecular formula is C16H20N2O2. The van der Waals surface area contributed by atoms with Crippen LogP contribution in [0.5, 0.6) is 5.75 Å². The second-order valence-corrected chi connectivity index (χ2v) is 5.45. The van der Waals surface area contributed by atoms with E-state index in [0.29, 0.717) is 17.4 Å². The predicted molar refractivity (Wildman–Crippen MR) is 76.2 cm³/mol. The van der Waals surface area contributed by atoms with Gasteiger partial charge in [-0.1, -0.05) is 6.92 Å². The monoisotopic (exact) mass is 272 g/mol. The maximum absolute atomic E-state index is 11.8. The summed E-state index contributed by atoms with van der Waals surface area (Å²) >= 11 is 0. The average Bonchev–Trinajstić information content (AvgIpc) is 2.48. The van der Waals surface area contributed by atoms with Crippen LogP contribution in [0.1, 0.15) is 38.2 Å². The normalized spacial score (nSPS) is 21.8. The molecular weight excluding hydrogens is 252 g/mol. The number of nitrogens with zero attached hydrogens (tertiary/aromatic N) is 1. The van der Waals surface area contributed by atoms with Gasteiger partial charge >= 0.3 is 0 Å². The third kappa shape index (κ3) is 4.27. The van der Waals surface area contributed by atoms with Gasteiger partial charge in [-0.3, -0.25) is 4.79 Å². The number of amides is 1. The Morgan fingerprint density at radius 3 is 2.55 bits per heavy atom. The highest BCUT2D eigenvalue weighted by Gasteiger charge is 2.19. The number of nitriles is 1. The van der Waals surface area contributed by atoms with Crippen LogP contribution < -0.4 is 10.1 Å². The SMILES string of the molecule is CC1CCC(NC(=O)COc2ccc(C#N)cc2)CC1. The highest BCUT2D eigenvalue weighted by Crippen LogP contribution is 2.23. The molecule has 1 fully saturated rings. The van der Waals surface area contributed by atoms with E-state index in [-0.39, 0.29) is 12.5 Å². The molecule has 1 amide bonds. The Labute approximate surface area is 119 Å². The molecule has 1 aliphatic carbocycles. The fourth-order valence-electron chi connectivity index (χ4n) is 2.45. The second-order valence-electron chi connectivity index (χ2n) is 5.45. The highest BCUT2D eigenvalue weighted by molar-refractivity contribution is 5.77. The van der Waals surface area contributed by atoms with Gasteiger partial charge in [-0.15, -0.1) is 0 Å². The molecule has 4 heteroatoms. The molecule has 1 N–H and O–H groups in total. The van der Waals surface area contributed by atoms with E-state index in [1.165, 1.54) is 12.8 Å². The molecule has 1 aromatic carbocycles. The Balaban J connectivity index is 1.73. The molecule has 0 aliphatic heterocycles. The van der Waals surface area contributed by atoms with Crippen LogP contribution in [0.2, 0.25) is 0 Å². The summed E-state index contributed by atoms with van der Waals surface area (Å²) in [5.41, 5.74) is 0.582. The third-order valence-corrected chi connectivity index (χ3v) is 3.73. The van der Waals surface area contributed by atoms with Crippen LogP contribution in [-0.4, -0.2) is 18.6 Å². The largest absolute Gasteiger partial charge is 0.484 e. The Morgan fingerprint density at radius 1 is 1.30 bits per heavy atom. The fourth-order valence-corrected chi connectivity index (χ4v) is 2.45. The minimum absolute atomic E-state index is 0.0257. The molecule has 1 aromatic rings. The van der Waals surface area contributed by atoms with Crippen molar-refractivity contribution in [2.45, 2.75) is 38.6 Å². The minimum Gasteiger partial charge on any atom is -0.484 e. The van der Waals surface area contributed by atoms with Gasteiger partial charge in [0.05, 0.1) is 11.6 Å². The molecule has 0 radical (unpaired) electrons. The van der Waals surface area contributed by atoms with Crippen molar-refractivity contribution in [3.8, 4) is 11.8 Å². The smallest absolute Gasteiger partial charge is 0.258 e. The number of carbonyl (C=O) groups is 1. The van der Waals surface area contributed by atoms with Gasteiger partial charge < -0.3 is 10.1 Å². The molecule has 2 rings (SSSR count). The Hall–Kier alpha value is -2.02.